The van der Waals surface area contributed by atoms with Crippen molar-refractivity contribution in [3.8, 4) is 5.75 Å². The molecule has 0 radical (unpaired) electrons. The van der Waals surface area contributed by atoms with Crippen LogP contribution in [0, 0.1) is 5.92 Å². The van der Waals surface area contributed by atoms with Crippen LogP contribution in [0.4, 0.5) is 0 Å². The molecule has 3 heteroatoms. The van der Waals surface area contributed by atoms with Crippen molar-refractivity contribution in [2.24, 2.45) is 5.92 Å². The Labute approximate surface area is 109 Å². The highest BCUT2D eigenvalue weighted by Gasteiger charge is 2.15. The van der Waals surface area contributed by atoms with E-state index in [-0.39, 0.29) is 0 Å². The van der Waals surface area contributed by atoms with Crippen LogP contribution in [0.2, 0.25) is 0 Å². The summed E-state index contributed by atoms with van der Waals surface area (Å²) < 4.78 is 10.6. The van der Waals surface area contributed by atoms with Gasteiger partial charge in [-0.3, -0.25) is 0 Å². The monoisotopic (exact) mass is 249 g/mol. The van der Waals surface area contributed by atoms with Crippen molar-refractivity contribution in [3.63, 3.8) is 0 Å². The Morgan fingerprint density at radius 2 is 2.17 bits per heavy atom. The fraction of sp³-hybridized carbons (Fsp3) is 0.600. The van der Waals surface area contributed by atoms with Gasteiger partial charge in [-0.1, -0.05) is 6.07 Å². The SMILES string of the molecule is COCc1ccc(OC)cc1CC1CCCNC1. The van der Waals surface area contributed by atoms with E-state index in [0.29, 0.717) is 6.61 Å². The van der Waals surface area contributed by atoms with E-state index in [0.717, 1.165) is 24.6 Å². The van der Waals surface area contributed by atoms with Crippen LogP contribution in [0.3, 0.4) is 0 Å². The van der Waals surface area contributed by atoms with Gasteiger partial charge in [0.1, 0.15) is 5.75 Å². The van der Waals surface area contributed by atoms with Crippen LogP contribution in [0.15, 0.2) is 18.2 Å². The maximum atomic E-state index is 5.32. The van der Waals surface area contributed by atoms with E-state index in [1.807, 2.05) is 6.07 Å². The molecule has 0 bridgehead atoms. The first-order valence-corrected chi connectivity index (χ1v) is 6.69. The zero-order valence-electron chi connectivity index (χ0n) is 11.4. The third-order valence-corrected chi connectivity index (χ3v) is 3.62. The Hall–Kier alpha value is -1.06. The quantitative estimate of drug-likeness (QED) is 0.869. The number of hydrogen-bond donors (Lipinski definition) is 1. The second-order valence-electron chi connectivity index (χ2n) is 4.98. The van der Waals surface area contributed by atoms with Gasteiger partial charge in [-0.25, -0.2) is 0 Å². The van der Waals surface area contributed by atoms with E-state index in [1.165, 1.54) is 30.5 Å². The molecule has 100 valence electrons. The minimum absolute atomic E-state index is 0.680. The van der Waals surface area contributed by atoms with Gasteiger partial charge in [0.25, 0.3) is 0 Å². The van der Waals surface area contributed by atoms with Gasteiger partial charge in [-0.05, 0) is 61.5 Å². The molecule has 1 N–H and O–H groups in total. The summed E-state index contributed by atoms with van der Waals surface area (Å²) in [4.78, 5) is 0. The predicted octanol–water partition coefficient (Wildman–Crippen LogP) is 2.38. The van der Waals surface area contributed by atoms with Crippen LogP contribution < -0.4 is 10.1 Å². The number of methoxy groups -OCH3 is 2. The molecule has 1 atom stereocenters. The largest absolute Gasteiger partial charge is 0.497 e. The molecule has 0 amide bonds. The third kappa shape index (κ3) is 3.47. The van der Waals surface area contributed by atoms with Crippen molar-refractivity contribution >= 4 is 0 Å². The van der Waals surface area contributed by atoms with Crippen molar-refractivity contribution in [3.05, 3.63) is 29.3 Å². The van der Waals surface area contributed by atoms with E-state index >= 15 is 0 Å². The molecular formula is C15H23NO2. The minimum Gasteiger partial charge on any atom is -0.497 e. The molecule has 0 spiro atoms. The van der Waals surface area contributed by atoms with Crippen LogP contribution in [-0.4, -0.2) is 27.3 Å². The highest BCUT2D eigenvalue weighted by Crippen LogP contribution is 2.23. The fourth-order valence-corrected chi connectivity index (χ4v) is 2.62. The Kier molecular flexibility index (Phi) is 5.02. The summed E-state index contributed by atoms with van der Waals surface area (Å²) in [6.45, 7) is 2.97. The van der Waals surface area contributed by atoms with Crippen LogP contribution in [0.5, 0.6) is 5.75 Å². The third-order valence-electron chi connectivity index (χ3n) is 3.62. The summed E-state index contributed by atoms with van der Waals surface area (Å²) >= 11 is 0. The molecule has 0 aliphatic carbocycles. The maximum absolute atomic E-state index is 5.32. The van der Waals surface area contributed by atoms with Gasteiger partial charge in [0.15, 0.2) is 0 Å². The molecular weight excluding hydrogens is 226 g/mol. The lowest BCUT2D eigenvalue weighted by Gasteiger charge is -2.24. The van der Waals surface area contributed by atoms with E-state index in [2.05, 4.69) is 17.4 Å². The number of benzene rings is 1. The summed E-state index contributed by atoms with van der Waals surface area (Å²) in [6, 6.07) is 6.29. The van der Waals surface area contributed by atoms with Gasteiger partial charge in [0.2, 0.25) is 0 Å². The highest BCUT2D eigenvalue weighted by molar-refractivity contribution is 5.35. The predicted molar refractivity (Wildman–Crippen MR) is 73.0 cm³/mol. The fourth-order valence-electron chi connectivity index (χ4n) is 2.62. The molecule has 1 aliphatic rings. The van der Waals surface area contributed by atoms with E-state index in [1.54, 1.807) is 14.2 Å². The Bertz CT molecular complexity index is 373. The van der Waals surface area contributed by atoms with Gasteiger partial charge < -0.3 is 14.8 Å². The van der Waals surface area contributed by atoms with Gasteiger partial charge >= 0.3 is 0 Å². The number of piperidine rings is 1. The van der Waals surface area contributed by atoms with Crippen LogP contribution in [0.1, 0.15) is 24.0 Å². The number of hydrogen-bond acceptors (Lipinski definition) is 3. The molecule has 18 heavy (non-hydrogen) atoms. The van der Waals surface area contributed by atoms with E-state index in [9.17, 15) is 0 Å². The Morgan fingerprint density at radius 3 is 2.83 bits per heavy atom. The lowest BCUT2D eigenvalue weighted by atomic mass is 9.90. The summed E-state index contributed by atoms with van der Waals surface area (Å²) in [5, 5.41) is 3.47. The smallest absolute Gasteiger partial charge is 0.119 e. The molecule has 2 rings (SSSR count). The summed E-state index contributed by atoms with van der Waals surface area (Å²) in [5.41, 5.74) is 2.65. The summed E-state index contributed by atoms with van der Waals surface area (Å²) in [6.07, 6.45) is 3.72. The van der Waals surface area contributed by atoms with Gasteiger partial charge in [0, 0.05) is 7.11 Å². The first kappa shape index (κ1) is 13.4. The average molecular weight is 249 g/mol. The number of ether oxygens (including phenoxy) is 2. The van der Waals surface area contributed by atoms with Gasteiger partial charge in [0.05, 0.1) is 13.7 Å². The number of nitrogens with one attached hydrogen (secondary N) is 1. The zero-order valence-corrected chi connectivity index (χ0v) is 11.4. The normalized spacial score (nSPS) is 19.8. The van der Waals surface area contributed by atoms with Crippen LogP contribution in [0.25, 0.3) is 0 Å². The topological polar surface area (TPSA) is 30.5 Å². The van der Waals surface area contributed by atoms with Gasteiger partial charge in [-0.15, -0.1) is 0 Å². The minimum atomic E-state index is 0.680. The Balaban J connectivity index is 2.11. The van der Waals surface area contributed by atoms with Gasteiger partial charge in [-0.2, -0.15) is 0 Å². The zero-order chi connectivity index (χ0) is 12.8. The van der Waals surface area contributed by atoms with Crippen molar-refractivity contribution < 1.29 is 9.47 Å². The maximum Gasteiger partial charge on any atom is 0.119 e. The molecule has 1 unspecified atom stereocenters. The standard InChI is InChI=1S/C15H23NO2/c1-17-11-13-5-6-15(18-2)9-14(13)8-12-4-3-7-16-10-12/h5-6,9,12,16H,3-4,7-8,10-11H2,1-2H3. The van der Waals surface area contributed by atoms with Crippen molar-refractivity contribution in [1.82, 2.24) is 5.32 Å². The lowest BCUT2D eigenvalue weighted by molar-refractivity contribution is 0.183. The first-order valence-electron chi connectivity index (χ1n) is 6.69. The molecule has 0 saturated carbocycles. The molecule has 3 nitrogen and oxygen atoms in total. The van der Waals surface area contributed by atoms with Crippen LogP contribution in [-0.2, 0) is 17.8 Å². The Morgan fingerprint density at radius 1 is 1.28 bits per heavy atom. The second-order valence-corrected chi connectivity index (χ2v) is 4.98. The summed E-state index contributed by atoms with van der Waals surface area (Å²) in [7, 11) is 3.47. The average Bonchev–Trinajstić information content (AvgIpc) is 2.42. The molecule has 1 aromatic rings. The molecule has 0 aromatic heterocycles. The van der Waals surface area contributed by atoms with E-state index < -0.39 is 0 Å². The molecule has 1 heterocycles. The molecule has 1 saturated heterocycles. The number of rotatable bonds is 5. The molecule has 1 fully saturated rings. The van der Waals surface area contributed by atoms with Crippen molar-refractivity contribution in [2.45, 2.75) is 25.9 Å². The highest BCUT2D eigenvalue weighted by atomic mass is 16.5. The van der Waals surface area contributed by atoms with E-state index in [4.69, 9.17) is 9.47 Å². The summed E-state index contributed by atoms with van der Waals surface area (Å²) in [5.74, 6) is 1.68. The lowest BCUT2D eigenvalue weighted by Crippen LogP contribution is -2.31. The van der Waals surface area contributed by atoms with Crippen LogP contribution >= 0.6 is 0 Å². The van der Waals surface area contributed by atoms with Crippen molar-refractivity contribution in [2.75, 3.05) is 27.3 Å². The second kappa shape index (κ2) is 6.76. The first-order chi connectivity index (χ1) is 8.83. The van der Waals surface area contributed by atoms with Crippen molar-refractivity contribution in [1.29, 1.82) is 0 Å². The molecule has 1 aliphatic heterocycles. The molecule has 1 aromatic carbocycles.